The molecule has 0 saturated heterocycles. The minimum absolute atomic E-state index is 0.113. The summed E-state index contributed by atoms with van der Waals surface area (Å²) in [6.45, 7) is 3.28. The first-order valence-electron chi connectivity index (χ1n) is 12.5. The van der Waals surface area contributed by atoms with Crippen molar-refractivity contribution >= 4 is 6.03 Å². The smallest absolute Gasteiger partial charge is 0.338 e. The van der Waals surface area contributed by atoms with Gasteiger partial charge in [-0.3, -0.25) is 0 Å². The van der Waals surface area contributed by atoms with E-state index in [-0.39, 0.29) is 24.0 Å². The topological polar surface area (TPSA) is 32.3 Å². The molecule has 0 atom stereocenters. The van der Waals surface area contributed by atoms with Crippen LogP contribution in [0.1, 0.15) is 56.6 Å². The Morgan fingerprint density at radius 3 is 2.47 bits per heavy atom. The second-order valence-corrected chi connectivity index (χ2v) is 8.92. The molecule has 7 heteroatoms. The summed E-state index contributed by atoms with van der Waals surface area (Å²) in [7, 11) is 0. The number of carbonyl (C=O) groups excluding carboxylic acids is 1. The fraction of sp³-hybridized carbons (Fsp3) is 0.379. The average Bonchev–Trinajstić information content (AvgIpc) is 2.87. The summed E-state index contributed by atoms with van der Waals surface area (Å²) in [5, 5.41) is 2.95. The van der Waals surface area contributed by atoms with Crippen molar-refractivity contribution in [1.29, 1.82) is 0 Å². The molecule has 0 unspecified atom stereocenters. The first kappa shape index (κ1) is 27.5. The van der Waals surface area contributed by atoms with E-state index in [1.165, 1.54) is 18.2 Å². The normalized spacial score (nSPS) is 13.7. The summed E-state index contributed by atoms with van der Waals surface area (Å²) in [4.78, 5) is 14.6. The maximum absolute atomic E-state index is 14.1. The van der Waals surface area contributed by atoms with Crippen LogP contribution in [-0.4, -0.2) is 24.0 Å². The number of alkyl halides is 3. The Bertz CT molecular complexity index is 1060. The van der Waals surface area contributed by atoms with Crippen LogP contribution in [0.15, 0.2) is 72.1 Å². The first-order valence-corrected chi connectivity index (χ1v) is 12.5. The Morgan fingerprint density at radius 2 is 1.78 bits per heavy atom. The van der Waals surface area contributed by atoms with Crippen molar-refractivity contribution in [3.63, 3.8) is 0 Å². The molecule has 2 amide bonds. The molecular formula is C29H33F4N2O. The third-order valence-corrected chi connectivity index (χ3v) is 6.19. The highest BCUT2D eigenvalue weighted by atomic mass is 19.4. The van der Waals surface area contributed by atoms with Crippen LogP contribution in [0.5, 0.6) is 0 Å². The number of halogens is 4. The molecule has 193 valence electrons. The highest BCUT2D eigenvalue weighted by Crippen LogP contribution is 2.37. The van der Waals surface area contributed by atoms with E-state index in [1.54, 1.807) is 41.7 Å². The van der Waals surface area contributed by atoms with Gasteiger partial charge in [0, 0.05) is 19.6 Å². The lowest BCUT2D eigenvalue weighted by Gasteiger charge is -2.24. The maximum atomic E-state index is 14.1. The van der Waals surface area contributed by atoms with Crippen molar-refractivity contribution in [1.82, 2.24) is 10.2 Å². The van der Waals surface area contributed by atoms with E-state index < -0.39 is 11.7 Å². The lowest BCUT2D eigenvalue weighted by atomic mass is 9.98. The Hall–Kier alpha value is -3.09. The summed E-state index contributed by atoms with van der Waals surface area (Å²) in [6.07, 6.45) is 5.76. The van der Waals surface area contributed by atoms with Gasteiger partial charge in [0.15, 0.2) is 0 Å². The van der Waals surface area contributed by atoms with E-state index in [0.717, 1.165) is 37.3 Å². The molecule has 2 aromatic carbocycles. The lowest BCUT2D eigenvalue weighted by molar-refractivity contribution is -0.137. The number of benzene rings is 2. The van der Waals surface area contributed by atoms with Gasteiger partial charge >= 0.3 is 12.2 Å². The molecule has 1 aliphatic carbocycles. The monoisotopic (exact) mass is 501 g/mol. The number of rotatable bonds is 11. The summed E-state index contributed by atoms with van der Waals surface area (Å²) in [6, 6.07) is 12.0. The Morgan fingerprint density at radius 1 is 1.03 bits per heavy atom. The second kappa shape index (κ2) is 13.3. The van der Waals surface area contributed by atoms with Gasteiger partial charge in [0.1, 0.15) is 5.83 Å². The van der Waals surface area contributed by atoms with Crippen molar-refractivity contribution in [3.8, 4) is 11.1 Å². The molecule has 0 bridgehead atoms. The molecule has 0 spiro atoms. The van der Waals surface area contributed by atoms with Gasteiger partial charge in [-0.15, -0.1) is 0 Å². The fourth-order valence-electron chi connectivity index (χ4n) is 4.17. The number of amides is 2. The molecule has 0 saturated carbocycles. The van der Waals surface area contributed by atoms with E-state index in [4.69, 9.17) is 0 Å². The number of hydrogen-bond acceptors (Lipinski definition) is 1. The predicted octanol–water partition coefficient (Wildman–Crippen LogP) is 8.24. The third-order valence-electron chi connectivity index (χ3n) is 6.19. The SMILES string of the molecule is CCCCCCNC(=O)N(CCC1=CC[CH]C=C1F)Cc1ccc(-c2ccccc2C(F)(F)F)cc1. The molecular weight excluding hydrogens is 468 g/mol. The number of urea groups is 1. The predicted molar refractivity (Wildman–Crippen MR) is 136 cm³/mol. The molecule has 1 N–H and O–H groups in total. The molecule has 0 fully saturated rings. The highest BCUT2D eigenvalue weighted by Gasteiger charge is 2.33. The van der Waals surface area contributed by atoms with Crippen molar-refractivity contribution in [2.45, 2.75) is 58.2 Å². The van der Waals surface area contributed by atoms with Crippen LogP contribution in [0.3, 0.4) is 0 Å². The zero-order chi connectivity index (χ0) is 26.0. The molecule has 36 heavy (non-hydrogen) atoms. The highest BCUT2D eigenvalue weighted by molar-refractivity contribution is 5.74. The van der Waals surface area contributed by atoms with E-state index >= 15 is 0 Å². The molecule has 2 aromatic rings. The van der Waals surface area contributed by atoms with Gasteiger partial charge in [0.2, 0.25) is 0 Å². The average molecular weight is 502 g/mol. The first-order chi connectivity index (χ1) is 17.3. The van der Waals surface area contributed by atoms with Gasteiger partial charge in [-0.25, -0.2) is 9.18 Å². The quantitative estimate of drug-likeness (QED) is 0.244. The maximum Gasteiger partial charge on any atom is 0.417 e. The van der Waals surface area contributed by atoms with Gasteiger partial charge in [-0.05, 0) is 60.1 Å². The van der Waals surface area contributed by atoms with Crippen molar-refractivity contribution in [2.24, 2.45) is 0 Å². The van der Waals surface area contributed by atoms with Crippen LogP contribution < -0.4 is 5.32 Å². The number of nitrogens with zero attached hydrogens (tertiary/aromatic N) is 1. The minimum atomic E-state index is -4.45. The number of carbonyl (C=O) groups is 1. The number of unbranched alkanes of at least 4 members (excludes halogenated alkanes) is 3. The zero-order valence-corrected chi connectivity index (χ0v) is 20.6. The Kier molecular flexibility index (Phi) is 10.1. The number of nitrogens with one attached hydrogen (secondary N) is 1. The van der Waals surface area contributed by atoms with Gasteiger partial charge < -0.3 is 10.2 Å². The molecule has 0 heterocycles. The Labute approximate surface area is 210 Å². The van der Waals surface area contributed by atoms with E-state index in [9.17, 15) is 22.4 Å². The van der Waals surface area contributed by atoms with Gasteiger partial charge in [0.25, 0.3) is 0 Å². The van der Waals surface area contributed by atoms with E-state index in [1.807, 2.05) is 6.08 Å². The summed E-state index contributed by atoms with van der Waals surface area (Å²) in [5.74, 6) is -0.283. The number of hydrogen-bond donors (Lipinski definition) is 1. The van der Waals surface area contributed by atoms with Gasteiger partial charge in [-0.2, -0.15) is 13.2 Å². The zero-order valence-electron chi connectivity index (χ0n) is 20.6. The van der Waals surface area contributed by atoms with Crippen LogP contribution in [0, 0.1) is 6.42 Å². The second-order valence-electron chi connectivity index (χ2n) is 8.92. The van der Waals surface area contributed by atoms with Crippen LogP contribution >= 0.6 is 0 Å². The van der Waals surface area contributed by atoms with Crippen LogP contribution in [-0.2, 0) is 12.7 Å². The van der Waals surface area contributed by atoms with Crippen molar-refractivity contribution < 1.29 is 22.4 Å². The van der Waals surface area contributed by atoms with Gasteiger partial charge in [0.05, 0.1) is 5.56 Å². The fourth-order valence-corrected chi connectivity index (χ4v) is 4.17. The largest absolute Gasteiger partial charge is 0.417 e. The lowest BCUT2D eigenvalue weighted by Crippen LogP contribution is -2.40. The minimum Gasteiger partial charge on any atom is -0.338 e. The molecule has 0 aromatic heterocycles. The van der Waals surface area contributed by atoms with Gasteiger partial charge in [-0.1, -0.05) is 74.7 Å². The number of allylic oxidation sites excluding steroid dienone is 3. The van der Waals surface area contributed by atoms with E-state index in [2.05, 4.69) is 12.2 Å². The van der Waals surface area contributed by atoms with Crippen LogP contribution in [0.4, 0.5) is 22.4 Å². The molecule has 1 aliphatic rings. The van der Waals surface area contributed by atoms with Crippen molar-refractivity contribution in [2.75, 3.05) is 13.1 Å². The molecule has 3 nitrogen and oxygen atoms in total. The summed E-state index contributed by atoms with van der Waals surface area (Å²) in [5.41, 5.74) is 1.24. The summed E-state index contributed by atoms with van der Waals surface area (Å²) >= 11 is 0. The summed E-state index contributed by atoms with van der Waals surface area (Å²) < 4.78 is 54.4. The third kappa shape index (κ3) is 7.97. The van der Waals surface area contributed by atoms with Crippen LogP contribution in [0.2, 0.25) is 0 Å². The molecule has 3 rings (SSSR count). The Balaban J connectivity index is 1.71. The standard InChI is InChI=1S/C29H33F4N2O/c1-2-3-4-9-19-34-28(36)35(20-18-24-10-5-8-13-27(24)30)21-22-14-16-23(17-15-22)25-11-6-7-12-26(25)29(31,32)33/h6-8,10-17H,2-5,9,18-21H2,1H3,(H,34,36). The van der Waals surface area contributed by atoms with Crippen molar-refractivity contribution in [3.05, 3.63) is 89.6 Å². The molecule has 1 radical (unpaired) electrons. The van der Waals surface area contributed by atoms with Crippen LogP contribution in [0.25, 0.3) is 11.1 Å². The molecule has 0 aliphatic heterocycles. The van der Waals surface area contributed by atoms with E-state index in [0.29, 0.717) is 37.1 Å².